The average Bonchev–Trinajstić information content (AvgIpc) is 0.824. The molecule has 0 aliphatic carbocycles. The molecule has 37 nitrogen and oxygen atoms in total. The van der Waals surface area contributed by atoms with Gasteiger partial charge in [-0.15, -0.1) is 0 Å². The predicted molar refractivity (Wildman–Crippen MR) is 459 cm³/mol. The summed E-state index contributed by atoms with van der Waals surface area (Å²) in [5.74, 6) is -3.44. The lowest BCUT2D eigenvalue weighted by Crippen LogP contribution is -2.58. The molecule has 4 aliphatic heterocycles. The first-order valence-corrected chi connectivity index (χ1v) is 44.8. The van der Waals surface area contributed by atoms with Crippen molar-refractivity contribution in [2.75, 3.05) is 131 Å². The van der Waals surface area contributed by atoms with E-state index in [0.29, 0.717) is 130 Å². The Kier molecular flexibility index (Phi) is 59.9. The number of hydrogen-bond donors (Lipinski definition) is 12. The number of esters is 4. The number of nitrogens with one attached hydrogen (secondary N) is 9. The molecule has 14 N–H and O–H groups in total. The number of carbonyl (C=O) groups is 12. The van der Waals surface area contributed by atoms with Crippen molar-refractivity contribution in [3.05, 3.63) is 0 Å². The van der Waals surface area contributed by atoms with Gasteiger partial charge in [-0.2, -0.15) is 0 Å². The second kappa shape index (κ2) is 65.6. The zero-order valence-electron chi connectivity index (χ0n) is 76.8. The van der Waals surface area contributed by atoms with Gasteiger partial charge in [0, 0.05) is 134 Å². The lowest BCUT2D eigenvalue weighted by Gasteiger charge is -2.44. The summed E-state index contributed by atoms with van der Waals surface area (Å²) in [6, 6.07) is -1.52. The van der Waals surface area contributed by atoms with Crippen LogP contribution in [0.3, 0.4) is 0 Å². The van der Waals surface area contributed by atoms with Gasteiger partial charge in [0.2, 0.25) is 41.4 Å². The van der Waals surface area contributed by atoms with Gasteiger partial charge in [0.05, 0.1) is 48.6 Å². The second-order valence-electron chi connectivity index (χ2n) is 32.9. The Hall–Kier alpha value is -6.88. The van der Waals surface area contributed by atoms with E-state index in [2.05, 4.69) is 47.9 Å². The van der Waals surface area contributed by atoms with Gasteiger partial charge in [0.1, 0.15) is 26.4 Å². The molecule has 0 aromatic carbocycles. The standard InChI is InChI=1S/C60H105N7O18.C17H29NO7.C9H24N4/c1-37-40(4)55(64-43(7)68)58(83-49(37)34-80-46(10)71)77-31-16-13-22-52(74)62-27-19-25-61-26-20-29-67(54(76)24-15-18-33-79-60-57(66-45(9)70)42(6)39(3)51(85-60)36-82-48(12)73)30-21-28-63-53(75)23-14-17-32-78-59-56(65-44(8)69)41(5)38(2)50(84-59)35-81-47(11)72;1-10-11(2)16(18-12(3)19)17(23-8-6-5-7-15(21)22)25-14(10)9-24-13(4)20;10-4-1-6-12-8-3-9-13-7-2-5-11/h37-42,49-51,55-61H,13-36H2,1-12H3,(H,62,74)(H,63,75)(H,64,68)(H,65,69)(H,66,70);10-11,14,16-17H,5-9H2,1-4H3,(H,18,19)(H,21,22);12-13H,1-11H2. The molecule has 37 heteroatoms. The first-order valence-electron chi connectivity index (χ1n) is 44.8. The van der Waals surface area contributed by atoms with E-state index in [1.807, 2.05) is 60.3 Å². The molecule has 0 spiro atoms. The summed E-state index contributed by atoms with van der Waals surface area (Å²) < 4.78 is 69.3. The number of hydrogen-bond acceptors (Lipinski definition) is 29. The molecule has 20 atom stereocenters. The third-order valence-electron chi connectivity index (χ3n) is 22.7. The van der Waals surface area contributed by atoms with Gasteiger partial charge in [0.25, 0.3) is 0 Å². The minimum Gasteiger partial charge on any atom is -0.481 e. The third-order valence-corrected chi connectivity index (χ3v) is 22.7. The fourth-order valence-electron chi connectivity index (χ4n) is 14.6. The Labute approximate surface area is 730 Å². The minimum atomic E-state index is -0.839. The van der Waals surface area contributed by atoms with E-state index in [1.165, 1.54) is 61.8 Å². The van der Waals surface area contributed by atoms with Crippen LogP contribution in [0.15, 0.2) is 0 Å². The highest BCUT2D eigenvalue weighted by molar-refractivity contribution is 5.77. The number of rotatable bonds is 58. The van der Waals surface area contributed by atoms with Crippen molar-refractivity contribution in [3.63, 3.8) is 0 Å². The zero-order valence-corrected chi connectivity index (χ0v) is 76.8. The lowest BCUT2D eigenvalue weighted by molar-refractivity contribution is -0.244. The van der Waals surface area contributed by atoms with Crippen molar-refractivity contribution in [1.29, 1.82) is 0 Å². The molecule has 4 heterocycles. The van der Waals surface area contributed by atoms with Gasteiger partial charge in [-0.05, 0) is 190 Å². The number of nitrogens with two attached hydrogens (primary N) is 2. The summed E-state index contributed by atoms with van der Waals surface area (Å²) in [4.78, 5) is 145. The lowest BCUT2D eigenvalue weighted by atomic mass is 9.82. The molecule has 4 fully saturated rings. The van der Waals surface area contributed by atoms with Crippen LogP contribution >= 0.6 is 0 Å². The number of nitrogens with zero attached hydrogens (tertiary/aromatic N) is 1. The molecular formula is C86H158N12O25. The van der Waals surface area contributed by atoms with E-state index >= 15 is 0 Å². The normalized spacial score (nSPS) is 25.9. The highest BCUT2D eigenvalue weighted by atomic mass is 16.7. The third kappa shape index (κ3) is 49.2. The average molecular weight is 1760 g/mol. The topological polar surface area (TPSA) is 499 Å². The minimum absolute atomic E-state index is 0.000432. The molecule has 0 saturated carbocycles. The summed E-state index contributed by atoms with van der Waals surface area (Å²) in [6.07, 6.45) is 6.24. The maximum Gasteiger partial charge on any atom is 0.303 e. The summed E-state index contributed by atoms with van der Waals surface area (Å²) in [7, 11) is 0. The number of ether oxygens (including phenoxy) is 12. The first kappa shape index (κ1) is 112. The number of carboxylic acids is 1. The van der Waals surface area contributed by atoms with E-state index in [0.717, 1.165) is 52.1 Å². The Morgan fingerprint density at radius 2 is 0.569 bits per heavy atom. The van der Waals surface area contributed by atoms with Crippen LogP contribution in [0.5, 0.6) is 0 Å². The Morgan fingerprint density at radius 3 is 0.846 bits per heavy atom. The van der Waals surface area contributed by atoms with E-state index in [4.69, 9.17) is 73.4 Å². The van der Waals surface area contributed by atoms with Crippen molar-refractivity contribution >= 4 is 71.2 Å². The van der Waals surface area contributed by atoms with Crippen molar-refractivity contribution in [3.8, 4) is 0 Å². The maximum atomic E-state index is 13.8. The largest absolute Gasteiger partial charge is 0.481 e. The van der Waals surface area contributed by atoms with Crippen LogP contribution in [-0.4, -0.2) is 286 Å². The van der Waals surface area contributed by atoms with Crippen molar-refractivity contribution in [2.45, 2.75) is 300 Å². The molecule has 0 aromatic rings. The Balaban J connectivity index is 0.00000110. The van der Waals surface area contributed by atoms with Crippen molar-refractivity contribution in [2.24, 2.45) is 58.8 Å². The van der Waals surface area contributed by atoms with Gasteiger partial charge >= 0.3 is 29.8 Å². The van der Waals surface area contributed by atoms with Gasteiger partial charge in [-0.3, -0.25) is 57.5 Å². The fraction of sp³-hybridized carbons (Fsp3) is 0.860. The maximum absolute atomic E-state index is 13.8. The highest BCUT2D eigenvalue weighted by Crippen LogP contribution is 2.36. The monoisotopic (exact) mass is 1760 g/mol. The van der Waals surface area contributed by atoms with Crippen LogP contribution in [0.4, 0.5) is 0 Å². The molecule has 7 amide bonds. The summed E-state index contributed by atoms with van der Waals surface area (Å²) in [6.45, 7) is 37.5. The molecule has 20 unspecified atom stereocenters. The Bertz CT molecular complexity index is 3020. The number of carbonyl (C=O) groups excluding carboxylic acids is 11. The van der Waals surface area contributed by atoms with E-state index in [1.54, 1.807) is 0 Å². The molecule has 4 aliphatic rings. The molecule has 0 bridgehead atoms. The molecule has 0 radical (unpaired) electrons. The van der Waals surface area contributed by atoms with Gasteiger partial charge < -0.3 is 126 Å². The van der Waals surface area contributed by atoms with E-state index < -0.39 is 73.3 Å². The van der Waals surface area contributed by atoms with Crippen LogP contribution < -0.4 is 59.3 Å². The van der Waals surface area contributed by atoms with Gasteiger partial charge in [-0.25, -0.2) is 0 Å². The smallest absolute Gasteiger partial charge is 0.303 e. The molecule has 712 valence electrons. The Morgan fingerprint density at radius 1 is 0.317 bits per heavy atom. The summed E-state index contributed by atoms with van der Waals surface area (Å²) in [5.41, 5.74) is 10.7. The molecule has 4 rings (SSSR count). The van der Waals surface area contributed by atoms with Crippen molar-refractivity contribution < 1.29 is 119 Å². The highest BCUT2D eigenvalue weighted by Gasteiger charge is 2.47. The molecule has 4 saturated heterocycles. The zero-order chi connectivity index (χ0) is 91.8. The number of carboxylic acid groups (broad SMARTS) is 1. The number of aliphatic carboxylic acids is 1. The fourth-order valence-corrected chi connectivity index (χ4v) is 14.6. The first-order chi connectivity index (χ1) is 58.5. The molecule has 0 aromatic heterocycles. The number of unbranched alkanes of at least 4 members (excludes halogenated alkanes) is 4. The van der Waals surface area contributed by atoms with Crippen LogP contribution in [0.25, 0.3) is 0 Å². The second-order valence-corrected chi connectivity index (χ2v) is 32.9. The summed E-state index contributed by atoms with van der Waals surface area (Å²) >= 11 is 0. The van der Waals surface area contributed by atoms with Gasteiger partial charge in [0.15, 0.2) is 25.2 Å². The quantitative estimate of drug-likeness (QED) is 0.0231. The van der Waals surface area contributed by atoms with E-state index in [9.17, 15) is 57.5 Å². The number of amides is 7. The molecule has 123 heavy (non-hydrogen) atoms. The van der Waals surface area contributed by atoms with E-state index in [-0.39, 0.29) is 178 Å². The van der Waals surface area contributed by atoms with Crippen molar-refractivity contribution in [1.82, 2.24) is 52.8 Å². The van der Waals surface area contributed by atoms with Crippen LogP contribution in [-0.2, 0) is 114 Å². The molecular weight excluding hydrogens is 1600 g/mol. The SMILES string of the molecule is CC(=O)NC1C(OCCCCC(=O)NCCCNCCCN(CCCNC(=O)CCCCOC2OC(COC(C)=O)C(C)C(C)C2NC(C)=O)C(=O)CCCCOC2OC(COC(C)=O)C(C)C(C)C2NC(C)=O)OC(COC(C)=O)C(C)C1C.CC(=O)NC1C(OCCCCC(=O)O)OC(COC(C)=O)C(C)C1C.NCCCNCCCNCCCN. The van der Waals surface area contributed by atoms with Gasteiger partial charge in [-0.1, -0.05) is 55.4 Å². The van der Waals surface area contributed by atoms with Crippen LogP contribution in [0.2, 0.25) is 0 Å². The summed E-state index contributed by atoms with van der Waals surface area (Å²) in [5, 5.41) is 36.4. The predicted octanol–water partition coefficient (Wildman–Crippen LogP) is 4.14. The van der Waals surface area contributed by atoms with Crippen LogP contribution in [0, 0.1) is 47.3 Å². The van der Waals surface area contributed by atoms with Crippen LogP contribution in [0.1, 0.15) is 226 Å².